The number of carbonyl (C=O) groups excluding carboxylic acids is 1. The first kappa shape index (κ1) is 13.4. The Morgan fingerprint density at radius 1 is 1.33 bits per heavy atom. The highest BCUT2D eigenvalue weighted by Gasteiger charge is 1.95. The van der Waals surface area contributed by atoms with Gasteiger partial charge >= 0.3 is 11.4 Å². The molecule has 1 N–H and O–H groups in total. The van der Waals surface area contributed by atoms with Crippen molar-refractivity contribution in [2.45, 2.75) is 13.3 Å². The summed E-state index contributed by atoms with van der Waals surface area (Å²) < 4.78 is 4.54. The molecule has 0 aromatic heterocycles. The van der Waals surface area contributed by atoms with E-state index in [-0.39, 0.29) is 6.42 Å². The van der Waals surface area contributed by atoms with E-state index >= 15 is 0 Å². The van der Waals surface area contributed by atoms with Crippen LogP contribution in [0.1, 0.15) is 13.3 Å². The van der Waals surface area contributed by atoms with Gasteiger partial charge in [-0.1, -0.05) is 25.1 Å². The summed E-state index contributed by atoms with van der Waals surface area (Å²) in [5, 5.41) is 7.72. The van der Waals surface area contributed by atoms with Crippen molar-refractivity contribution < 1.29 is 19.4 Å². The molecule has 0 saturated heterocycles. The lowest BCUT2D eigenvalue weighted by molar-refractivity contribution is -0.136. The van der Waals surface area contributed by atoms with Crippen LogP contribution in [0.15, 0.2) is 30.3 Å². The van der Waals surface area contributed by atoms with Crippen molar-refractivity contribution in [3.63, 3.8) is 0 Å². The zero-order chi connectivity index (χ0) is 11.7. The van der Waals surface area contributed by atoms with Crippen LogP contribution in [0.3, 0.4) is 0 Å². The highest BCUT2D eigenvalue weighted by atomic mass is 35.5. The molecule has 1 aromatic rings. The van der Waals surface area contributed by atoms with Crippen LogP contribution in [0.5, 0.6) is 5.75 Å². The van der Waals surface area contributed by atoms with E-state index in [4.69, 9.17) is 16.7 Å². The summed E-state index contributed by atoms with van der Waals surface area (Å²) in [5.41, 5.74) is -0.814. The van der Waals surface area contributed by atoms with E-state index in [1.54, 1.807) is 31.2 Å². The minimum absolute atomic E-state index is 0.222. The van der Waals surface area contributed by atoms with E-state index < -0.39 is 11.4 Å². The molecule has 0 radical (unpaired) electrons. The SMILES string of the molecule is CCC(=O)O.O=C(Cl)Oc1ccccc1. The molecule has 0 amide bonds. The van der Waals surface area contributed by atoms with Crippen molar-refractivity contribution in [1.82, 2.24) is 0 Å². The van der Waals surface area contributed by atoms with Crippen LogP contribution in [0.2, 0.25) is 0 Å². The Hall–Kier alpha value is -1.55. The first-order valence-corrected chi connectivity index (χ1v) is 4.58. The Labute approximate surface area is 92.4 Å². The molecule has 0 aliphatic heterocycles. The van der Waals surface area contributed by atoms with E-state index in [0.717, 1.165) is 0 Å². The third-order valence-corrected chi connectivity index (χ3v) is 1.32. The largest absolute Gasteiger partial charge is 0.481 e. The average molecular weight is 231 g/mol. The molecule has 0 saturated carbocycles. The quantitative estimate of drug-likeness (QED) is 0.794. The zero-order valence-corrected chi connectivity index (χ0v) is 8.90. The number of benzene rings is 1. The van der Waals surface area contributed by atoms with Crippen LogP contribution in [0, 0.1) is 0 Å². The topological polar surface area (TPSA) is 63.6 Å². The molecule has 0 spiro atoms. The van der Waals surface area contributed by atoms with E-state index in [9.17, 15) is 9.59 Å². The first-order valence-electron chi connectivity index (χ1n) is 4.20. The van der Waals surface area contributed by atoms with E-state index in [1.165, 1.54) is 0 Å². The number of carbonyl (C=O) groups is 2. The average Bonchev–Trinajstić information content (AvgIpc) is 2.19. The maximum atomic E-state index is 10.2. The minimum Gasteiger partial charge on any atom is -0.481 e. The minimum atomic E-state index is -0.814. The van der Waals surface area contributed by atoms with Crippen molar-refractivity contribution >= 4 is 23.0 Å². The van der Waals surface area contributed by atoms with Gasteiger partial charge in [0, 0.05) is 18.0 Å². The monoisotopic (exact) mass is 230 g/mol. The zero-order valence-electron chi connectivity index (χ0n) is 8.14. The second-order valence-electron chi connectivity index (χ2n) is 2.40. The number of carboxylic acids is 1. The van der Waals surface area contributed by atoms with Crippen molar-refractivity contribution in [2.24, 2.45) is 0 Å². The van der Waals surface area contributed by atoms with Gasteiger partial charge in [0.05, 0.1) is 0 Å². The third kappa shape index (κ3) is 8.77. The molecule has 0 aliphatic carbocycles. The van der Waals surface area contributed by atoms with Crippen LogP contribution in [0.4, 0.5) is 4.79 Å². The van der Waals surface area contributed by atoms with E-state index in [2.05, 4.69) is 4.74 Å². The molecule has 15 heavy (non-hydrogen) atoms. The van der Waals surface area contributed by atoms with Crippen molar-refractivity contribution in [3.8, 4) is 5.75 Å². The summed E-state index contributed by atoms with van der Waals surface area (Å²) in [6.45, 7) is 1.60. The van der Waals surface area contributed by atoms with Gasteiger partial charge in [0.15, 0.2) is 0 Å². The second kappa shape index (κ2) is 7.82. The number of halogens is 1. The van der Waals surface area contributed by atoms with Crippen molar-refractivity contribution in [3.05, 3.63) is 30.3 Å². The molecular weight excluding hydrogens is 220 g/mol. The molecule has 0 fully saturated rings. The van der Waals surface area contributed by atoms with Crippen LogP contribution in [-0.2, 0) is 4.79 Å². The van der Waals surface area contributed by atoms with Crippen LogP contribution in [0.25, 0.3) is 0 Å². The highest BCUT2D eigenvalue weighted by Crippen LogP contribution is 2.09. The normalized spacial score (nSPS) is 8.40. The summed E-state index contributed by atoms with van der Waals surface area (Å²) in [6, 6.07) is 8.65. The van der Waals surface area contributed by atoms with Gasteiger partial charge in [0.1, 0.15) is 5.75 Å². The standard InChI is InChI=1S/C7H5ClO2.C3H6O2/c8-7(9)10-6-4-2-1-3-5-6;1-2-3(4)5/h1-5H;2H2,1H3,(H,4,5). The molecule has 4 nitrogen and oxygen atoms in total. The molecular formula is C10H11ClO4. The lowest BCUT2D eigenvalue weighted by Crippen LogP contribution is -1.94. The fourth-order valence-corrected chi connectivity index (χ4v) is 0.670. The van der Waals surface area contributed by atoms with Crippen LogP contribution >= 0.6 is 11.6 Å². The molecule has 82 valence electrons. The van der Waals surface area contributed by atoms with Gasteiger partial charge in [-0.15, -0.1) is 0 Å². The number of para-hydroxylation sites is 1. The molecule has 5 heteroatoms. The molecule has 0 aliphatic rings. The van der Waals surface area contributed by atoms with Crippen LogP contribution < -0.4 is 4.74 Å². The van der Waals surface area contributed by atoms with Gasteiger partial charge in [-0.05, 0) is 12.1 Å². The van der Waals surface area contributed by atoms with E-state index in [0.29, 0.717) is 5.75 Å². The third-order valence-electron chi connectivity index (χ3n) is 1.24. The van der Waals surface area contributed by atoms with Gasteiger partial charge in [-0.3, -0.25) is 4.79 Å². The summed E-state index contributed by atoms with van der Waals surface area (Å²) in [7, 11) is 0. The Kier molecular flexibility index (Phi) is 7.01. The molecule has 0 bridgehead atoms. The molecule has 1 aromatic carbocycles. The van der Waals surface area contributed by atoms with Gasteiger partial charge in [0.25, 0.3) is 0 Å². The lowest BCUT2D eigenvalue weighted by Gasteiger charge is -1.95. The van der Waals surface area contributed by atoms with Crippen molar-refractivity contribution in [2.75, 3.05) is 0 Å². The van der Waals surface area contributed by atoms with Gasteiger partial charge in [-0.2, -0.15) is 0 Å². The molecule has 0 atom stereocenters. The Balaban J connectivity index is 0.000000336. The van der Waals surface area contributed by atoms with Gasteiger partial charge < -0.3 is 9.84 Å². The maximum absolute atomic E-state index is 10.2. The van der Waals surface area contributed by atoms with Crippen LogP contribution in [-0.4, -0.2) is 16.5 Å². The smallest absolute Gasteiger partial charge is 0.409 e. The molecule has 0 heterocycles. The summed E-state index contributed by atoms with van der Waals surface area (Å²) in [5.74, 6) is -0.285. The molecule has 1 rings (SSSR count). The second-order valence-corrected chi connectivity index (χ2v) is 2.71. The Bertz CT molecular complexity index is 310. The summed E-state index contributed by atoms with van der Waals surface area (Å²) in [4.78, 5) is 19.5. The maximum Gasteiger partial charge on any atom is 0.409 e. The summed E-state index contributed by atoms with van der Waals surface area (Å²) in [6.07, 6.45) is 0.222. The predicted molar refractivity (Wildman–Crippen MR) is 56.2 cm³/mol. The van der Waals surface area contributed by atoms with E-state index in [1.807, 2.05) is 6.07 Å². The number of aliphatic carboxylic acids is 1. The predicted octanol–water partition coefficient (Wildman–Crippen LogP) is 2.91. The van der Waals surface area contributed by atoms with Gasteiger partial charge in [0.2, 0.25) is 0 Å². The van der Waals surface area contributed by atoms with Crippen molar-refractivity contribution in [1.29, 1.82) is 0 Å². The first-order chi connectivity index (χ1) is 7.06. The number of hydrogen-bond donors (Lipinski definition) is 1. The number of rotatable bonds is 2. The Morgan fingerprint density at radius 3 is 2.13 bits per heavy atom. The number of hydrogen-bond acceptors (Lipinski definition) is 3. The molecule has 0 unspecified atom stereocenters. The number of ether oxygens (including phenoxy) is 1. The fourth-order valence-electron chi connectivity index (χ4n) is 0.581. The lowest BCUT2D eigenvalue weighted by atomic mass is 10.3. The highest BCUT2D eigenvalue weighted by molar-refractivity contribution is 6.61. The summed E-state index contributed by atoms with van der Waals surface area (Å²) >= 11 is 4.95. The Morgan fingerprint density at radius 2 is 1.80 bits per heavy atom. The number of carboxylic acid groups (broad SMARTS) is 1. The fraction of sp³-hybridized carbons (Fsp3) is 0.200. The van der Waals surface area contributed by atoms with Gasteiger partial charge in [-0.25, -0.2) is 4.79 Å².